The topological polar surface area (TPSA) is 49.2 Å². The highest BCUT2D eigenvalue weighted by molar-refractivity contribution is 5.61. The molecule has 2 heterocycles. The maximum Gasteiger partial charge on any atom is 0.181 e. The van der Waals surface area contributed by atoms with Crippen molar-refractivity contribution in [3.63, 3.8) is 0 Å². The lowest BCUT2D eigenvalue weighted by atomic mass is 10.2. The van der Waals surface area contributed by atoms with Crippen LogP contribution >= 0.6 is 0 Å². The van der Waals surface area contributed by atoms with Crippen LogP contribution in [0.25, 0.3) is 11.4 Å². The van der Waals surface area contributed by atoms with E-state index in [1.165, 1.54) is 12.8 Å². The molecule has 1 aromatic heterocycles. The van der Waals surface area contributed by atoms with E-state index in [1.807, 2.05) is 29.9 Å². The molecule has 1 aliphatic heterocycles. The number of benzene rings is 1. The summed E-state index contributed by atoms with van der Waals surface area (Å²) in [7, 11) is 1.96. The average molecular weight is 257 g/mol. The van der Waals surface area contributed by atoms with Gasteiger partial charge in [0.2, 0.25) is 0 Å². The Morgan fingerprint density at radius 1 is 1.16 bits per heavy atom. The molecule has 2 aliphatic rings. The molecule has 1 saturated carbocycles. The molecule has 4 rings (SSSR count). The Labute approximate surface area is 111 Å². The summed E-state index contributed by atoms with van der Waals surface area (Å²) >= 11 is 0. The van der Waals surface area contributed by atoms with Crippen molar-refractivity contribution >= 4 is 0 Å². The second kappa shape index (κ2) is 3.98. The minimum Gasteiger partial charge on any atom is -0.486 e. The normalized spacial score (nSPS) is 17.5. The molecular weight excluding hydrogens is 242 g/mol. The first-order valence-electron chi connectivity index (χ1n) is 6.62. The number of fused-ring (bicyclic) bond motifs is 1. The van der Waals surface area contributed by atoms with E-state index in [1.54, 1.807) is 0 Å². The van der Waals surface area contributed by atoms with Crippen molar-refractivity contribution in [2.75, 3.05) is 13.2 Å². The van der Waals surface area contributed by atoms with Gasteiger partial charge in [-0.3, -0.25) is 4.68 Å². The second-order valence-corrected chi connectivity index (χ2v) is 5.05. The summed E-state index contributed by atoms with van der Waals surface area (Å²) in [5.74, 6) is 4.03. The molecule has 98 valence electrons. The van der Waals surface area contributed by atoms with Gasteiger partial charge in [0.15, 0.2) is 17.3 Å². The zero-order valence-corrected chi connectivity index (χ0v) is 10.8. The van der Waals surface area contributed by atoms with Crippen molar-refractivity contribution in [3.8, 4) is 22.9 Å². The number of aromatic nitrogens is 3. The van der Waals surface area contributed by atoms with Crippen LogP contribution in [0.15, 0.2) is 18.2 Å². The van der Waals surface area contributed by atoms with E-state index in [4.69, 9.17) is 9.47 Å². The van der Waals surface area contributed by atoms with E-state index >= 15 is 0 Å². The molecule has 0 N–H and O–H groups in total. The number of rotatable bonds is 2. The number of hydrogen-bond donors (Lipinski definition) is 0. The minimum atomic E-state index is 0.597. The summed E-state index contributed by atoms with van der Waals surface area (Å²) in [6.45, 7) is 1.21. The third-order valence-corrected chi connectivity index (χ3v) is 3.54. The standard InChI is InChI=1S/C14H15N3O2/c1-17-14(9-2-3-9)15-13(16-17)10-4-5-11-12(8-10)19-7-6-18-11/h4-5,8-9H,2-3,6-7H2,1H3. The predicted octanol–water partition coefficient (Wildman–Crippen LogP) is 2.13. The largest absolute Gasteiger partial charge is 0.486 e. The van der Waals surface area contributed by atoms with E-state index in [-0.39, 0.29) is 0 Å². The second-order valence-electron chi connectivity index (χ2n) is 5.05. The molecular formula is C14H15N3O2. The Morgan fingerprint density at radius 2 is 1.95 bits per heavy atom. The molecule has 0 bridgehead atoms. The third kappa shape index (κ3) is 1.85. The molecule has 0 saturated heterocycles. The van der Waals surface area contributed by atoms with E-state index < -0.39 is 0 Å². The lowest BCUT2D eigenvalue weighted by Crippen LogP contribution is -2.15. The molecule has 1 aromatic carbocycles. The Kier molecular flexibility index (Phi) is 2.27. The van der Waals surface area contributed by atoms with Gasteiger partial charge in [-0.2, -0.15) is 5.10 Å². The molecule has 5 nitrogen and oxygen atoms in total. The fraction of sp³-hybridized carbons (Fsp3) is 0.429. The molecule has 0 unspecified atom stereocenters. The van der Waals surface area contributed by atoms with Gasteiger partial charge in [0.25, 0.3) is 0 Å². The van der Waals surface area contributed by atoms with Gasteiger partial charge >= 0.3 is 0 Å². The molecule has 19 heavy (non-hydrogen) atoms. The first kappa shape index (κ1) is 10.8. The third-order valence-electron chi connectivity index (χ3n) is 3.54. The van der Waals surface area contributed by atoms with Crippen LogP contribution < -0.4 is 9.47 Å². The number of ether oxygens (including phenoxy) is 2. The lowest BCUT2D eigenvalue weighted by molar-refractivity contribution is 0.171. The summed E-state index contributed by atoms with van der Waals surface area (Å²) < 4.78 is 13.0. The van der Waals surface area contributed by atoms with Crippen molar-refractivity contribution in [2.45, 2.75) is 18.8 Å². The molecule has 5 heteroatoms. The average Bonchev–Trinajstić information content (AvgIpc) is 3.21. The molecule has 0 radical (unpaired) electrons. The van der Waals surface area contributed by atoms with Gasteiger partial charge in [-0.25, -0.2) is 4.98 Å². The van der Waals surface area contributed by atoms with Crippen molar-refractivity contribution in [1.29, 1.82) is 0 Å². The van der Waals surface area contributed by atoms with E-state index in [2.05, 4.69) is 10.1 Å². The van der Waals surface area contributed by atoms with Crippen molar-refractivity contribution in [2.24, 2.45) is 7.05 Å². The smallest absolute Gasteiger partial charge is 0.181 e. The molecule has 2 aromatic rings. The van der Waals surface area contributed by atoms with Crippen LogP contribution in [-0.4, -0.2) is 28.0 Å². The number of hydrogen-bond acceptors (Lipinski definition) is 4. The van der Waals surface area contributed by atoms with Crippen LogP contribution in [0, 0.1) is 0 Å². The van der Waals surface area contributed by atoms with Gasteiger partial charge in [0, 0.05) is 18.5 Å². The molecule has 1 aliphatic carbocycles. The van der Waals surface area contributed by atoms with Crippen LogP contribution in [0.2, 0.25) is 0 Å². The Balaban J connectivity index is 1.73. The summed E-state index contributed by atoms with van der Waals surface area (Å²) in [4.78, 5) is 4.65. The first-order valence-corrected chi connectivity index (χ1v) is 6.62. The van der Waals surface area contributed by atoms with E-state index in [0.717, 1.165) is 28.7 Å². The Bertz CT molecular complexity index is 632. The fourth-order valence-electron chi connectivity index (χ4n) is 2.40. The monoisotopic (exact) mass is 257 g/mol. The maximum atomic E-state index is 5.60. The zero-order valence-electron chi connectivity index (χ0n) is 10.8. The van der Waals surface area contributed by atoms with Crippen molar-refractivity contribution in [3.05, 3.63) is 24.0 Å². The summed E-state index contributed by atoms with van der Waals surface area (Å²) in [5.41, 5.74) is 0.978. The molecule has 0 atom stereocenters. The van der Waals surface area contributed by atoms with Gasteiger partial charge in [0.05, 0.1) is 0 Å². The fourth-order valence-corrected chi connectivity index (χ4v) is 2.40. The van der Waals surface area contributed by atoms with Crippen molar-refractivity contribution < 1.29 is 9.47 Å². The molecule has 0 spiro atoms. The van der Waals surface area contributed by atoms with Crippen LogP contribution in [0.3, 0.4) is 0 Å². The highest BCUT2D eigenvalue weighted by Gasteiger charge is 2.29. The van der Waals surface area contributed by atoms with Crippen LogP contribution in [-0.2, 0) is 7.05 Å². The van der Waals surface area contributed by atoms with Gasteiger partial charge in [0.1, 0.15) is 19.0 Å². The molecule has 0 amide bonds. The van der Waals surface area contributed by atoms with E-state index in [0.29, 0.717) is 19.1 Å². The maximum absolute atomic E-state index is 5.60. The highest BCUT2D eigenvalue weighted by atomic mass is 16.6. The predicted molar refractivity (Wildman–Crippen MR) is 69.4 cm³/mol. The van der Waals surface area contributed by atoms with Crippen LogP contribution in [0.5, 0.6) is 11.5 Å². The Morgan fingerprint density at radius 3 is 2.74 bits per heavy atom. The quantitative estimate of drug-likeness (QED) is 0.827. The number of nitrogens with zero attached hydrogens (tertiary/aromatic N) is 3. The van der Waals surface area contributed by atoms with Crippen LogP contribution in [0.4, 0.5) is 0 Å². The van der Waals surface area contributed by atoms with Gasteiger partial charge in [-0.1, -0.05) is 0 Å². The zero-order chi connectivity index (χ0) is 12.8. The summed E-state index contributed by atoms with van der Waals surface area (Å²) in [6, 6.07) is 5.87. The molecule has 1 fully saturated rings. The van der Waals surface area contributed by atoms with E-state index in [9.17, 15) is 0 Å². The summed E-state index contributed by atoms with van der Waals surface area (Å²) in [6.07, 6.45) is 2.46. The highest BCUT2D eigenvalue weighted by Crippen LogP contribution is 2.40. The van der Waals surface area contributed by atoms with Crippen molar-refractivity contribution in [1.82, 2.24) is 14.8 Å². The van der Waals surface area contributed by atoms with Gasteiger partial charge < -0.3 is 9.47 Å². The van der Waals surface area contributed by atoms with Gasteiger partial charge in [-0.05, 0) is 31.0 Å². The number of aryl methyl sites for hydroxylation is 1. The van der Waals surface area contributed by atoms with Crippen LogP contribution in [0.1, 0.15) is 24.6 Å². The minimum absolute atomic E-state index is 0.597. The SMILES string of the molecule is Cn1nc(-c2ccc3c(c2)OCCO3)nc1C1CC1. The Hall–Kier alpha value is -2.04. The lowest BCUT2D eigenvalue weighted by Gasteiger charge is -2.18. The van der Waals surface area contributed by atoms with Gasteiger partial charge in [-0.15, -0.1) is 0 Å². The first-order chi connectivity index (χ1) is 9.31. The summed E-state index contributed by atoms with van der Waals surface area (Å²) in [5, 5.41) is 4.50.